The normalized spacial score (nSPS) is 20.5. The van der Waals surface area contributed by atoms with E-state index in [0.717, 1.165) is 12.0 Å². The number of benzene rings is 2. The summed E-state index contributed by atoms with van der Waals surface area (Å²) < 4.78 is 26.8. The van der Waals surface area contributed by atoms with Gasteiger partial charge in [0.15, 0.2) is 0 Å². The second-order valence-corrected chi connectivity index (χ2v) is 11.2. The Bertz CT molecular complexity index is 1090. The number of carbonyl (C=O) groups is 1. The summed E-state index contributed by atoms with van der Waals surface area (Å²) in [5, 5.41) is 3.70. The highest BCUT2D eigenvalue weighted by Gasteiger charge is 2.50. The van der Waals surface area contributed by atoms with Gasteiger partial charge in [-0.05, 0) is 61.4 Å². The van der Waals surface area contributed by atoms with Gasteiger partial charge in [0.1, 0.15) is 0 Å². The number of aryl methyl sites for hydroxylation is 1. The first-order valence-electron chi connectivity index (χ1n) is 10.9. The number of piperidine rings is 1. The zero-order chi connectivity index (χ0) is 22.2. The molecule has 2 aromatic carbocycles. The molecular formula is C24H29ClN2O3S. The van der Waals surface area contributed by atoms with Crippen molar-refractivity contribution in [3.05, 3.63) is 69.7 Å². The van der Waals surface area contributed by atoms with Crippen LogP contribution in [-0.4, -0.2) is 43.5 Å². The van der Waals surface area contributed by atoms with Crippen LogP contribution in [0.4, 0.5) is 0 Å². The van der Waals surface area contributed by atoms with Crippen molar-refractivity contribution in [1.29, 1.82) is 0 Å². The summed E-state index contributed by atoms with van der Waals surface area (Å²) in [4.78, 5) is 13.1. The fourth-order valence-electron chi connectivity index (χ4n) is 5.18. The molecule has 0 saturated carbocycles. The summed E-state index contributed by atoms with van der Waals surface area (Å²) in [7, 11) is -3.22. The molecule has 4 rings (SSSR count). The maximum absolute atomic E-state index is 13.1. The second kappa shape index (κ2) is 8.57. The van der Waals surface area contributed by atoms with E-state index in [9.17, 15) is 13.2 Å². The second-order valence-electron chi connectivity index (χ2n) is 8.74. The summed E-state index contributed by atoms with van der Waals surface area (Å²) in [6.45, 7) is 4.79. The summed E-state index contributed by atoms with van der Waals surface area (Å²) in [5.41, 5.74) is 3.69. The van der Waals surface area contributed by atoms with E-state index in [2.05, 4.69) is 17.4 Å². The number of nitrogens with zero attached hydrogens (tertiary/aromatic N) is 1. The molecule has 0 aromatic heterocycles. The van der Waals surface area contributed by atoms with Crippen LogP contribution >= 0.6 is 11.6 Å². The molecule has 0 radical (unpaired) electrons. The molecule has 1 spiro atoms. The Morgan fingerprint density at radius 1 is 1.19 bits per heavy atom. The minimum atomic E-state index is -3.22. The van der Waals surface area contributed by atoms with Crippen molar-refractivity contribution >= 4 is 27.5 Å². The fourth-order valence-corrected chi connectivity index (χ4v) is 7.02. The first-order valence-corrected chi connectivity index (χ1v) is 12.9. The minimum absolute atomic E-state index is 0.0919. The topological polar surface area (TPSA) is 66.5 Å². The molecule has 7 heteroatoms. The Morgan fingerprint density at radius 3 is 2.58 bits per heavy atom. The molecule has 1 saturated heterocycles. The van der Waals surface area contributed by atoms with Gasteiger partial charge in [-0.2, -0.15) is 0 Å². The van der Waals surface area contributed by atoms with Crippen molar-refractivity contribution in [2.24, 2.45) is 0 Å². The Morgan fingerprint density at radius 2 is 1.90 bits per heavy atom. The first kappa shape index (κ1) is 22.3. The highest BCUT2D eigenvalue weighted by atomic mass is 35.5. The highest BCUT2D eigenvalue weighted by molar-refractivity contribution is 7.89. The molecule has 1 atom stereocenters. The van der Waals surface area contributed by atoms with Gasteiger partial charge in [0.25, 0.3) is 5.91 Å². The van der Waals surface area contributed by atoms with E-state index in [-0.39, 0.29) is 23.1 Å². The number of sulfonamides is 1. The van der Waals surface area contributed by atoms with Crippen molar-refractivity contribution in [3.8, 4) is 0 Å². The summed E-state index contributed by atoms with van der Waals surface area (Å²) in [6, 6.07) is 13.7. The fraction of sp³-hybridized carbons (Fsp3) is 0.458. The maximum Gasteiger partial charge on any atom is 0.253 e. The van der Waals surface area contributed by atoms with Crippen LogP contribution in [0, 0.1) is 6.92 Å². The molecule has 1 fully saturated rings. The lowest BCUT2D eigenvalue weighted by molar-refractivity contribution is 0.0897. The molecular weight excluding hydrogens is 432 g/mol. The Labute approximate surface area is 189 Å². The van der Waals surface area contributed by atoms with E-state index >= 15 is 0 Å². The third-order valence-electron chi connectivity index (χ3n) is 6.79. The third kappa shape index (κ3) is 4.13. The molecule has 2 aliphatic rings. The van der Waals surface area contributed by atoms with Crippen LogP contribution in [-0.2, 0) is 21.9 Å². The van der Waals surface area contributed by atoms with E-state index in [1.807, 2.05) is 32.0 Å². The summed E-state index contributed by atoms with van der Waals surface area (Å²) in [6.07, 6.45) is 2.75. The molecule has 1 heterocycles. The standard InChI is InChI=1S/C24H29ClN2O3S/c1-3-14-31(29,30)27-12-10-24(11-13-27)20-7-5-4-6-18(20)16-22(24)26-23(28)19-9-8-17(2)15-21(19)25/h4-9,15,22H,3,10-14,16H2,1-2H3,(H,26,28). The van der Waals surface area contributed by atoms with E-state index < -0.39 is 10.0 Å². The van der Waals surface area contributed by atoms with E-state index in [1.165, 1.54) is 11.1 Å². The molecule has 2 aromatic rings. The van der Waals surface area contributed by atoms with Gasteiger partial charge in [0.05, 0.1) is 16.3 Å². The van der Waals surface area contributed by atoms with E-state index in [1.54, 1.807) is 16.4 Å². The Kier molecular flexibility index (Phi) is 6.16. The molecule has 1 aliphatic carbocycles. The van der Waals surface area contributed by atoms with Gasteiger partial charge in [-0.25, -0.2) is 12.7 Å². The van der Waals surface area contributed by atoms with Gasteiger partial charge in [-0.1, -0.05) is 48.9 Å². The Hall–Kier alpha value is -1.89. The zero-order valence-electron chi connectivity index (χ0n) is 18.0. The predicted octanol–water partition coefficient (Wildman–Crippen LogP) is 4.08. The van der Waals surface area contributed by atoms with Crippen LogP contribution in [0.2, 0.25) is 5.02 Å². The van der Waals surface area contributed by atoms with Crippen molar-refractivity contribution in [1.82, 2.24) is 9.62 Å². The van der Waals surface area contributed by atoms with Crippen LogP contribution in [0.25, 0.3) is 0 Å². The third-order valence-corrected chi connectivity index (χ3v) is 9.18. The smallest absolute Gasteiger partial charge is 0.253 e. The van der Waals surface area contributed by atoms with Crippen LogP contribution in [0.15, 0.2) is 42.5 Å². The van der Waals surface area contributed by atoms with Crippen LogP contribution in [0.3, 0.4) is 0 Å². The number of hydrogen-bond acceptors (Lipinski definition) is 3. The molecule has 1 amide bonds. The lowest BCUT2D eigenvalue weighted by atomic mass is 9.71. The molecule has 31 heavy (non-hydrogen) atoms. The van der Waals surface area contributed by atoms with Crippen LogP contribution in [0.5, 0.6) is 0 Å². The molecule has 1 N–H and O–H groups in total. The first-order chi connectivity index (χ1) is 14.8. The molecule has 1 unspecified atom stereocenters. The average molecular weight is 461 g/mol. The quantitative estimate of drug-likeness (QED) is 0.731. The van der Waals surface area contributed by atoms with Gasteiger partial charge < -0.3 is 5.32 Å². The monoisotopic (exact) mass is 460 g/mol. The number of nitrogens with one attached hydrogen (secondary N) is 1. The molecule has 5 nitrogen and oxygen atoms in total. The molecule has 166 valence electrons. The van der Waals surface area contributed by atoms with Crippen molar-refractivity contribution in [2.45, 2.75) is 51.0 Å². The van der Waals surface area contributed by atoms with Crippen LogP contribution in [0.1, 0.15) is 53.2 Å². The molecule has 1 aliphatic heterocycles. The SMILES string of the molecule is CCCS(=O)(=O)N1CCC2(CC1)c1ccccc1CC2NC(=O)c1ccc(C)cc1Cl. The van der Waals surface area contributed by atoms with Crippen molar-refractivity contribution in [2.75, 3.05) is 18.8 Å². The van der Waals surface area contributed by atoms with Gasteiger partial charge in [-0.15, -0.1) is 0 Å². The summed E-state index contributed by atoms with van der Waals surface area (Å²) in [5.74, 6) is 0.00563. The Balaban J connectivity index is 1.60. The lowest BCUT2D eigenvalue weighted by Crippen LogP contribution is -2.54. The van der Waals surface area contributed by atoms with E-state index in [0.29, 0.717) is 42.9 Å². The maximum atomic E-state index is 13.1. The van der Waals surface area contributed by atoms with Gasteiger partial charge >= 0.3 is 0 Å². The van der Waals surface area contributed by atoms with Gasteiger partial charge in [0.2, 0.25) is 10.0 Å². The summed E-state index contributed by atoms with van der Waals surface area (Å²) >= 11 is 6.34. The van der Waals surface area contributed by atoms with Crippen molar-refractivity contribution in [3.63, 3.8) is 0 Å². The zero-order valence-corrected chi connectivity index (χ0v) is 19.6. The lowest BCUT2D eigenvalue weighted by Gasteiger charge is -2.43. The van der Waals surface area contributed by atoms with Gasteiger partial charge in [-0.3, -0.25) is 4.79 Å². The average Bonchev–Trinajstić information content (AvgIpc) is 3.01. The number of amides is 1. The number of rotatable bonds is 5. The number of halogens is 1. The van der Waals surface area contributed by atoms with Crippen molar-refractivity contribution < 1.29 is 13.2 Å². The predicted molar refractivity (Wildman–Crippen MR) is 124 cm³/mol. The van der Waals surface area contributed by atoms with Crippen LogP contribution < -0.4 is 5.32 Å². The number of carbonyl (C=O) groups excluding carboxylic acids is 1. The number of hydrogen-bond donors (Lipinski definition) is 1. The van der Waals surface area contributed by atoms with Gasteiger partial charge in [0, 0.05) is 24.5 Å². The minimum Gasteiger partial charge on any atom is -0.348 e. The highest BCUT2D eigenvalue weighted by Crippen LogP contribution is 2.47. The van der Waals surface area contributed by atoms with E-state index in [4.69, 9.17) is 11.6 Å². The largest absolute Gasteiger partial charge is 0.348 e. The number of fused-ring (bicyclic) bond motifs is 2. The molecule has 0 bridgehead atoms.